The second-order valence-electron chi connectivity index (χ2n) is 6.05. The summed E-state index contributed by atoms with van der Waals surface area (Å²) in [6.45, 7) is 7.70. The summed E-state index contributed by atoms with van der Waals surface area (Å²) >= 11 is 0. The molecule has 118 valence electrons. The average molecular weight is 291 g/mol. The zero-order valence-electron chi connectivity index (χ0n) is 13.5. The third-order valence-electron chi connectivity index (χ3n) is 3.70. The molecule has 1 fully saturated rings. The Morgan fingerprint density at radius 3 is 2.90 bits per heavy atom. The van der Waals surface area contributed by atoms with Crippen LogP contribution >= 0.6 is 0 Å². The predicted octanol–water partition coefficient (Wildman–Crippen LogP) is 2.44. The first-order chi connectivity index (χ1) is 10.3. The third kappa shape index (κ3) is 7.02. The van der Waals surface area contributed by atoms with Gasteiger partial charge in [0.2, 0.25) is 0 Å². The van der Waals surface area contributed by atoms with Crippen molar-refractivity contribution in [3.63, 3.8) is 0 Å². The van der Waals surface area contributed by atoms with Crippen molar-refractivity contribution in [2.45, 2.75) is 39.3 Å². The van der Waals surface area contributed by atoms with Crippen LogP contribution in [-0.4, -0.2) is 43.2 Å². The smallest absolute Gasteiger partial charge is 0.0593 e. The quantitative estimate of drug-likeness (QED) is 0.636. The van der Waals surface area contributed by atoms with Gasteiger partial charge in [-0.2, -0.15) is 0 Å². The van der Waals surface area contributed by atoms with Gasteiger partial charge in [-0.15, -0.1) is 0 Å². The SMILES string of the molecule is CCCNCc1cccc(CN(C)CCOCC2CC2)n1. The van der Waals surface area contributed by atoms with E-state index >= 15 is 0 Å². The fraction of sp³-hybridized carbons (Fsp3) is 0.706. The lowest BCUT2D eigenvalue weighted by Crippen LogP contribution is -2.24. The monoisotopic (exact) mass is 291 g/mol. The van der Waals surface area contributed by atoms with Crippen LogP contribution < -0.4 is 5.32 Å². The number of hydrogen-bond acceptors (Lipinski definition) is 4. The summed E-state index contributed by atoms with van der Waals surface area (Å²) in [4.78, 5) is 6.98. The van der Waals surface area contributed by atoms with E-state index in [1.807, 2.05) is 0 Å². The number of rotatable bonds is 11. The van der Waals surface area contributed by atoms with E-state index in [4.69, 9.17) is 9.72 Å². The molecule has 0 unspecified atom stereocenters. The Bertz CT molecular complexity index is 407. The lowest BCUT2D eigenvalue weighted by Gasteiger charge is -2.16. The fourth-order valence-corrected chi connectivity index (χ4v) is 2.22. The van der Waals surface area contributed by atoms with E-state index in [9.17, 15) is 0 Å². The van der Waals surface area contributed by atoms with Gasteiger partial charge in [-0.25, -0.2) is 0 Å². The molecule has 1 aromatic heterocycles. The number of pyridine rings is 1. The first kappa shape index (κ1) is 16.4. The predicted molar refractivity (Wildman–Crippen MR) is 86.1 cm³/mol. The van der Waals surface area contributed by atoms with E-state index in [1.54, 1.807) is 0 Å². The van der Waals surface area contributed by atoms with E-state index < -0.39 is 0 Å². The minimum absolute atomic E-state index is 0.824. The van der Waals surface area contributed by atoms with Gasteiger partial charge in [0.15, 0.2) is 0 Å². The summed E-state index contributed by atoms with van der Waals surface area (Å²) in [6.07, 6.45) is 3.88. The molecule has 1 saturated carbocycles. The molecule has 1 aliphatic rings. The molecule has 1 aliphatic carbocycles. The van der Waals surface area contributed by atoms with Gasteiger partial charge < -0.3 is 10.1 Å². The standard InChI is InChI=1S/C17H29N3O/c1-3-9-18-12-16-5-4-6-17(19-16)13-20(2)10-11-21-14-15-7-8-15/h4-6,15,18H,3,7-14H2,1-2H3. The first-order valence-corrected chi connectivity index (χ1v) is 8.19. The Morgan fingerprint density at radius 1 is 1.33 bits per heavy atom. The molecule has 0 saturated heterocycles. The van der Waals surface area contributed by atoms with Crippen molar-refractivity contribution in [2.75, 3.05) is 33.4 Å². The highest BCUT2D eigenvalue weighted by atomic mass is 16.5. The zero-order chi connectivity index (χ0) is 14.9. The van der Waals surface area contributed by atoms with E-state index in [0.29, 0.717) is 0 Å². The van der Waals surface area contributed by atoms with Crippen LogP contribution in [0.4, 0.5) is 0 Å². The highest BCUT2D eigenvalue weighted by Gasteiger charge is 2.20. The van der Waals surface area contributed by atoms with Gasteiger partial charge in [-0.3, -0.25) is 9.88 Å². The Kier molecular flexibility index (Phi) is 7.13. The summed E-state index contributed by atoms with van der Waals surface area (Å²) in [5.41, 5.74) is 2.26. The highest BCUT2D eigenvalue weighted by Crippen LogP contribution is 2.28. The van der Waals surface area contributed by atoms with Crippen molar-refractivity contribution in [1.82, 2.24) is 15.2 Å². The van der Waals surface area contributed by atoms with Gasteiger partial charge in [0, 0.05) is 26.2 Å². The summed E-state index contributed by atoms with van der Waals surface area (Å²) in [7, 11) is 2.13. The number of nitrogens with zero attached hydrogens (tertiary/aromatic N) is 2. The van der Waals surface area contributed by atoms with E-state index in [-0.39, 0.29) is 0 Å². The number of ether oxygens (including phenoxy) is 1. The molecule has 0 spiro atoms. The Hall–Kier alpha value is -0.970. The highest BCUT2D eigenvalue weighted by molar-refractivity contribution is 5.11. The Balaban J connectivity index is 1.66. The van der Waals surface area contributed by atoms with Crippen molar-refractivity contribution < 1.29 is 4.74 Å². The lowest BCUT2D eigenvalue weighted by atomic mass is 10.3. The largest absolute Gasteiger partial charge is 0.380 e. The fourth-order valence-electron chi connectivity index (χ4n) is 2.22. The van der Waals surface area contributed by atoms with Crippen LogP contribution in [0, 0.1) is 5.92 Å². The van der Waals surface area contributed by atoms with Gasteiger partial charge in [-0.1, -0.05) is 13.0 Å². The first-order valence-electron chi connectivity index (χ1n) is 8.19. The minimum Gasteiger partial charge on any atom is -0.380 e. The molecule has 0 atom stereocenters. The summed E-state index contributed by atoms with van der Waals surface area (Å²) in [5.74, 6) is 0.851. The molecule has 1 heterocycles. The molecule has 0 bridgehead atoms. The maximum atomic E-state index is 5.68. The number of nitrogens with one attached hydrogen (secondary N) is 1. The molecule has 0 amide bonds. The molecule has 4 nitrogen and oxygen atoms in total. The van der Waals surface area contributed by atoms with E-state index in [2.05, 4.69) is 42.4 Å². The average Bonchev–Trinajstić information content (AvgIpc) is 3.29. The lowest BCUT2D eigenvalue weighted by molar-refractivity contribution is 0.101. The molecule has 1 N–H and O–H groups in total. The van der Waals surface area contributed by atoms with Crippen molar-refractivity contribution in [2.24, 2.45) is 5.92 Å². The molecule has 0 aromatic carbocycles. The van der Waals surface area contributed by atoms with Crippen LogP contribution in [0.3, 0.4) is 0 Å². The van der Waals surface area contributed by atoms with E-state index in [0.717, 1.165) is 63.1 Å². The molecular weight excluding hydrogens is 262 g/mol. The van der Waals surface area contributed by atoms with E-state index in [1.165, 1.54) is 12.8 Å². The summed E-state index contributed by atoms with van der Waals surface area (Å²) in [5, 5.41) is 3.39. The third-order valence-corrected chi connectivity index (χ3v) is 3.70. The normalized spacial score (nSPS) is 14.8. The topological polar surface area (TPSA) is 37.4 Å². The second kappa shape index (κ2) is 9.13. The van der Waals surface area contributed by atoms with Crippen molar-refractivity contribution in [3.8, 4) is 0 Å². The molecular formula is C17H29N3O. The van der Waals surface area contributed by atoms with Gasteiger partial charge in [-0.05, 0) is 50.9 Å². The van der Waals surface area contributed by atoms with Gasteiger partial charge in [0.1, 0.15) is 0 Å². The molecule has 21 heavy (non-hydrogen) atoms. The minimum atomic E-state index is 0.824. The molecule has 4 heteroatoms. The molecule has 0 radical (unpaired) electrons. The van der Waals surface area contributed by atoms with Crippen LogP contribution in [0.25, 0.3) is 0 Å². The maximum absolute atomic E-state index is 5.68. The van der Waals surface area contributed by atoms with Crippen molar-refractivity contribution >= 4 is 0 Å². The molecule has 1 aromatic rings. The Morgan fingerprint density at radius 2 is 2.14 bits per heavy atom. The number of likely N-dealkylation sites (N-methyl/N-ethyl adjacent to an activating group) is 1. The van der Waals surface area contributed by atoms with Crippen LogP contribution in [0.15, 0.2) is 18.2 Å². The number of hydrogen-bond donors (Lipinski definition) is 1. The number of aromatic nitrogens is 1. The van der Waals surface area contributed by atoms with Crippen LogP contribution in [-0.2, 0) is 17.8 Å². The summed E-state index contributed by atoms with van der Waals surface area (Å²) in [6, 6.07) is 6.29. The maximum Gasteiger partial charge on any atom is 0.0593 e. The van der Waals surface area contributed by atoms with Crippen LogP contribution in [0.2, 0.25) is 0 Å². The summed E-state index contributed by atoms with van der Waals surface area (Å²) < 4.78 is 5.68. The van der Waals surface area contributed by atoms with Gasteiger partial charge in [0.05, 0.1) is 18.0 Å². The second-order valence-corrected chi connectivity index (χ2v) is 6.05. The van der Waals surface area contributed by atoms with Crippen LogP contribution in [0.1, 0.15) is 37.6 Å². The van der Waals surface area contributed by atoms with Gasteiger partial charge >= 0.3 is 0 Å². The van der Waals surface area contributed by atoms with Crippen LogP contribution in [0.5, 0.6) is 0 Å². The van der Waals surface area contributed by atoms with Crippen molar-refractivity contribution in [1.29, 1.82) is 0 Å². The van der Waals surface area contributed by atoms with Crippen molar-refractivity contribution in [3.05, 3.63) is 29.6 Å². The molecule has 2 rings (SSSR count). The Labute approximate surface area is 128 Å². The molecule has 0 aliphatic heterocycles. The zero-order valence-corrected chi connectivity index (χ0v) is 13.5. The van der Waals surface area contributed by atoms with Gasteiger partial charge in [0.25, 0.3) is 0 Å².